The molecule has 0 aliphatic heterocycles. The molecule has 0 radical (unpaired) electrons. The molecule has 0 bridgehead atoms. The summed E-state index contributed by atoms with van der Waals surface area (Å²) >= 11 is 3.43. The van der Waals surface area contributed by atoms with Crippen LogP contribution >= 0.6 is 15.9 Å². The summed E-state index contributed by atoms with van der Waals surface area (Å²) in [5.74, 6) is 0.651. The summed E-state index contributed by atoms with van der Waals surface area (Å²) in [5.41, 5.74) is 0.660. The van der Waals surface area contributed by atoms with Gasteiger partial charge in [0.15, 0.2) is 0 Å². The molecule has 0 aliphatic rings. The Morgan fingerprint density at radius 1 is 1.47 bits per heavy atom. The molecule has 0 saturated carbocycles. The zero-order valence-electron chi connectivity index (χ0n) is 10.8. The third-order valence-corrected chi connectivity index (χ3v) is 3.63. The Morgan fingerprint density at radius 2 is 2.32 bits per heavy atom. The second-order valence-corrected chi connectivity index (χ2v) is 5.24. The van der Waals surface area contributed by atoms with Crippen LogP contribution in [0.15, 0.2) is 35.1 Å². The van der Waals surface area contributed by atoms with Gasteiger partial charge in [-0.05, 0) is 25.1 Å². The summed E-state index contributed by atoms with van der Waals surface area (Å²) < 4.78 is 14.8. The number of rotatable bonds is 6. The van der Waals surface area contributed by atoms with Crippen molar-refractivity contribution in [3.63, 3.8) is 0 Å². The lowest BCUT2D eigenvalue weighted by molar-refractivity contribution is 0.488. The molecule has 19 heavy (non-hydrogen) atoms. The number of imidazole rings is 1. The van der Waals surface area contributed by atoms with Crippen LogP contribution in [0.4, 0.5) is 4.39 Å². The predicted octanol–water partition coefficient (Wildman–Crippen LogP) is 3.59. The molecule has 0 spiro atoms. The molecule has 1 atom stereocenters. The number of hydrogen-bond acceptors (Lipinski definition) is 2. The van der Waals surface area contributed by atoms with E-state index in [1.807, 2.05) is 6.07 Å². The van der Waals surface area contributed by atoms with Gasteiger partial charge in [0.2, 0.25) is 0 Å². The Kier molecular flexibility index (Phi) is 5.10. The zero-order chi connectivity index (χ0) is 13.7. The lowest BCUT2D eigenvalue weighted by atomic mass is 10.0. The minimum absolute atomic E-state index is 0.0957. The molecule has 0 saturated heterocycles. The molecule has 0 aliphatic carbocycles. The number of halogens is 2. The average molecular weight is 326 g/mol. The van der Waals surface area contributed by atoms with Gasteiger partial charge >= 0.3 is 0 Å². The SMILES string of the molecule is CCCNC(Cc1ncc[nH]1)c1c(F)cccc1Br. The smallest absolute Gasteiger partial charge is 0.129 e. The van der Waals surface area contributed by atoms with Crippen molar-refractivity contribution in [1.82, 2.24) is 15.3 Å². The van der Waals surface area contributed by atoms with Crippen LogP contribution in [0.2, 0.25) is 0 Å². The van der Waals surface area contributed by atoms with Crippen LogP contribution in [0.3, 0.4) is 0 Å². The van der Waals surface area contributed by atoms with E-state index in [0.717, 1.165) is 23.3 Å². The first-order valence-corrected chi connectivity index (χ1v) is 7.17. The maximum Gasteiger partial charge on any atom is 0.129 e. The number of H-pyrrole nitrogens is 1. The van der Waals surface area contributed by atoms with Crippen molar-refractivity contribution < 1.29 is 4.39 Å². The highest BCUT2D eigenvalue weighted by molar-refractivity contribution is 9.10. The summed E-state index contributed by atoms with van der Waals surface area (Å²) in [6, 6.07) is 4.96. The molecular weight excluding hydrogens is 309 g/mol. The van der Waals surface area contributed by atoms with Crippen molar-refractivity contribution in [2.75, 3.05) is 6.54 Å². The summed E-state index contributed by atoms with van der Waals surface area (Å²) in [5, 5.41) is 3.38. The van der Waals surface area contributed by atoms with E-state index in [-0.39, 0.29) is 11.9 Å². The van der Waals surface area contributed by atoms with E-state index in [4.69, 9.17) is 0 Å². The predicted molar refractivity (Wildman–Crippen MR) is 77.4 cm³/mol. The Labute approximate surface area is 120 Å². The first-order valence-electron chi connectivity index (χ1n) is 6.38. The largest absolute Gasteiger partial charge is 0.349 e. The van der Waals surface area contributed by atoms with Crippen molar-refractivity contribution >= 4 is 15.9 Å². The van der Waals surface area contributed by atoms with Gasteiger partial charge in [0.1, 0.15) is 11.6 Å². The third-order valence-electron chi connectivity index (χ3n) is 2.94. The van der Waals surface area contributed by atoms with Crippen molar-refractivity contribution in [2.24, 2.45) is 0 Å². The fourth-order valence-corrected chi connectivity index (χ4v) is 2.66. The standard InChI is InChI=1S/C14H17BrFN3/c1-2-6-17-12(9-13-18-7-8-19-13)14-10(15)4-3-5-11(14)16/h3-5,7-8,12,17H,2,6,9H2,1H3,(H,18,19). The number of benzene rings is 1. The molecule has 2 rings (SSSR count). The van der Waals surface area contributed by atoms with Gasteiger partial charge in [-0.2, -0.15) is 0 Å². The van der Waals surface area contributed by atoms with Gasteiger partial charge in [-0.15, -0.1) is 0 Å². The van der Waals surface area contributed by atoms with Gasteiger partial charge in [0, 0.05) is 34.9 Å². The highest BCUT2D eigenvalue weighted by Crippen LogP contribution is 2.28. The molecule has 1 heterocycles. The Hall–Kier alpha value is -1.20. The van der Waals surface area contributed by atoms with Crippen LogP contribution in [0.5, 0.6) is 0 Å². The second kappa shape index (κ2) is 6.82. The van der Waals surface area contributed by atoms with Crippen molar-refractivity contribution in [1.29, 1.82) is 0 Å². The van der Waals surface area contributed by atoms with Crippen molar-refractivity contribution in [3.8, 4) is 0 Å². The number of hydrogen-bond donors (Lipinski definition) is 2. The third kappa shape index (κ3) is 3.64. The maximum atomic E-state index is 14.1. The van der Waals surface area contributed by atoms with Crippen LogP contribution in [-0.4, -0.2) is 16.5 Å². The lowest BCUT2D eigenvalue weighted by Gasteiger charge is -2.20. The Morgan fingerprint density at radius 3 is 2.95 bits per heavy atom. The fraction of sp³-hybridized carbons (Fsp3) is 0.357. The molecule has 0 fully saturated rings. The molecule has 1 unspecified atom stereocenters. The monoisotopic (exact) mass is 325 g/mol. The number of aromatic amines is 1. The minimum atomic E-state index is -0.200. The van der Waals surface area contributed by atoms with Gasteiger partial charge < -0.3 is 10.3 Å². The molecule has 2 aromatic rings. The van der Waals surface area contributed by atoms with E-state index in [2.05, 4.69) is 38.1 Å². The van der Waals surface area contributed by atoms with E-state index in [1.54, 1.807) is 18.5 Å². The first kappa shape index (κ1) is 14.2. The van der Waals surface area contributed by atoms with Crippen LogP contribution in [0, 0.1) is 5.82 Å². The van der Waals surface area contributed by atoms with E-state index < -0.39 is 0 Å². The van der Waals surface area contributed by atoms with Gasteiger partial charge in [0.25, 0.3) is 0 Å². The molecular formula is C14H17BrFN3. The second-order valence-electron chi connectivity index (χ2n) is 4.38. The van der Waals surface area contributed by atoms with E-state index >= 15 is 0 Å². The van der Waals surface area contributed by atoms with Gasteiger partial charge in [-0.1, -0.05) is 28.9 Å². The van der Waals surface area contributed by atoms with Crippen LogP contribution in [0.25, 0.3) is 0 Å². The topological polar surface area (TPSA) is 40.7 Å². The molecule has 2 N–H and O–H groups in total. The Bertz CT molecular complexity index is 493. The normalized spacial score (nSPS) is 12.6. The summed E-state index contributed by atoms with van der Waals surface area (Å²) in [6.07, 6.45) is 5.12. The van der Waals surface area contributed by atoms with Crippen LogP contribution < -0.4 is 5.32 Å². The van der Waals surface area contributed by atoms with Crippen LogP contribution in [-0.2, 0) is 6.42 Å². The highest BCUT2D eigenvalue weighted by atomic mass is 79.9. The summed E-state index contributed by atoms with van der Waals surface area (Å²) in [6.45, 7) is 2.93. The summed E-state index contributed by atoms with van der Waals surface area (Å²) in [4.78, 5) is 7.28. The lowest BCUT2D eigenvalue weighted by Crippen LogP contribution is -2.25. The minimum Gasteiger partial charge on any atom is -0.349 e. The number of aromatic nitrogens is 2. The molecule has 1 aromatic carbocycles. The van der Waals surface area contributed by atoms with E-state index in [0.29, 0.717) is 12.0 Å². The fourth-order valence-electron chi connectivity index (χ4n) is 2.04. The molecule has 3 nitrogen and oxygen atoms in total. The first-order chi connectivity index (χ1) is 9.22. The van der Waals surface area contributed by atoms with Gasteiger partial charge in [-0.25, -0.2) is 9.37 Å². The molecule has 5 heteroatoms. The molecule has 1 aromatic heterocycles. The van der Waals surface area contributed by atoms with Gasteiger partial charge in [0.05, 0.1) is 0 Å². The maximum absolute atomic E-state index is 14.1. The van der Waals surface area contributed by atoms with Crippen molar-refractivity contribution in [2.45, 2.75) is 25.8 Å². The Balaban J connectivity index is 2.26. The van der Waals surface area contributed by atoms with E-state index in [9.17, 15) is 4.39 Å². The quantitative estimate of drug-likeness (QED) is 0.852. The molecule has 102 valence electrons. The van der Waals surface area contributed by atoms with Gasteiger partial charge in [-0.3, -0.25) is 0 Å². The van der Waals surface area contributed by atoms with Crippen molar-refractivity contribution in [3.05, 3.63) is 52.3 Å². The van der Waals surface area contributed by atoms with Crippen LogP contribution in [0.1, 0.15) is 30.8 Å². The average Bonchev–Trinajstić information content (AvgIpc) is 2.88. The number of nitrogens with zero attached hydrogens (tertiary/aromatic N) is 1. The zero-order valence-corrected chi connectivity index (χ0v) is 12.4. The van der Waals surface area contributed by atoms with E-state index in [1.165, 1.54) is 6.07 Å². The highest BCUT2D eigenvalue weighted by Gasteiger charge is 2.19. The summed E-state index contributed by atoms with van der Waals surface area (Å²) in [7, 11) is 0. The molecule has 0 amide bonds. The number of nitrogens with one attached hydrogen (secondary N) is 2.